The molecule has 0 radical (unpaired) electrons. The van der Waals surface area contributed by atoms with Crippen molar-refractivity contribution in [3.05, 3.63) is 52.1 Å². The van der Waals surface area contributed by atoms with Crippen molar-refractivity contribution >= 4 is 50.6 Å². The van der Waals surface area contributed by atoms with Crippen molar-refractivity contribution < 1.29 is 9.21 Å². The minimum Gasteiger partial charge on any atom is -0.462 e. The van der Waals surface area contributed by atoms with Crippen molar-refractivity contribution in [3.8, 4) is 10.8 Å². The van der Waals surface area contributed by atoms with Crippen LogP contribution in [0.4, 0.5) is 5.69 Å². The molecule has 0 bridgehead atoms. The molecule has 0 aliphatic rings. The first-order valence-electron chi connectivity index (χ1n) is 8.06. The molecule has 0 atom stereocenters. The fraction of sp³-hybridized carbons (Fsp3) is 0.118. The van der Waals surface area contributed by atoms with Crippen LogP contribution in [0.3, 0.4) is 0 Å². The van der Waals surface area contributed by atoms with E-state index in [9.17, 15) is 4.79 Å². The first-order chi connectivity index (χ1) is 13.6. The molecule has 142 valence electrons. The van der Waals surface area contributed by atoms with Crippen molar-refractivity contribution in [1.29, 1.82) is 0 Å². The number of furan rings is 1. The van der Waals surface area contributed by atoms with Gasteiger partial charge >= 0.3 is 0 Å². The molecule has 1 amide bonds. The van der Waals surface area contributed by atoms with Crippen molar-refractivity contribution in [3.63, 3.8) is 0 Å². The van der Waals surface area contributed by atoms with E-state index in [1.165, 1.54) is 23.1 Å². The summed E-state index contributed by atoms with van der Waals surface area (Å²) in [5.74, 6) is 0.534. The van der Waals surface area contributed by atoms with Gasteiger partial charge in [-0.05, 0) is 52.5 Å². The minimum absolute atomic E-state index is 0.160. The Kier molecular flexibility index (Phi) is 5.55. The summed E-state index contributed by atoms with van der Waals surface area (Å²) in [5, 5.41) is 17.6. The Balaban J connectivity index is 1.48. The van der Waals surface area contributed by atoms with Gasteiger partial charge in [-0.25, -0.2) is 9.67 Å². The first-order valence-corrected chi connectivity index (χ1v) is 10.6. The smallest absolute Gasteiger partial charge is 0.230 e. The highest BCUT2D eigenvalue weighted by atomic mass is 79.9. The number of halogens is 1. The highest BCUT2D eigenvalue weighted by Gasteiger charge is 2.14. The number of rotatable bonds is 6. The number of hydrogen-bond acceptors (Lipinski definition) is 8. The molecule has 1 aromatic carbocycles. The van der Waals surface area contributed by atoms with E-state index in [1.807, 2.05) is 35.7 Å². The topological polar surface area (TPSA) is 98.7 Å². The number of thiazole rings is 1. The van der Waals surface area contributed by atoms with Gasteiger partial charge in [-0.2, -0.15) is 0 Å². The van der Waals surface area contributed by atoms with Crippen LogP contribution < -0.4 is 5.32 Å². The van der Waals surface area contributed by atoms with Gasteiger partial charge in [0.1, 0.15) is 0 Å². The van der Waals surface area contributed by atoms with Crippen molar-refractivity contribution in [2.75, 3.05) is 5.32 Å². The second-order valence-electron chi connectivity index (χ2n) is 5.67. The maximum Gasteiger partial charge on any atom is 0.230 e. The average molecular weight is 477 g/mol. The van der Waals surface area contributed by atoms with Crippen LogP contribution in [0.5, 0.6) is 0 Å². The highest BCUT2D eigenvalue weighted by molar-refractivity contribution is 9.10. The van der Waals surface area contributed by atoms with Crippen molar-refractivity contribution in [2.45, 2.75) is 16.5 Å². The molecule has 0 saturated carbocycles. The minimum atomic E-state index is -0.160. The zero-order valence-electron chi connectivity index (χ0n) is 14.5. The summed E-state index contributed by atoms with van der Waals surface area (Å²) in [6.45, 7) is 0. The molecule has 0 unspecified atom stereocenters. The van der Waals surface area contributed by atoms with Crippen molar-refractivity contribution in [1.82, 2.24) is 25.2 Å². The van der Waals surface area contributed by atoms with Crippen LogP contribution in [-0.4, -0.2) is 31.1 Å². The van der Waals surface area contributed by atoms with Gasteiger partial charge in [0.05, 0.1) is 24.1 Å². The average Bonchev–Trinajstić information content (AvgIpc) is 3.40. The maximum atomic E-state index is 12.6. The number of benzene rings is 1. The highest BCUT2D eigenvalue weighted by Crippen LogP contribution is 2.34. The molecule has 3 heterocycles. The summed E-state index contributed by atoms with van der Waals surface area (Å²) in [5.41, 5.74) is 1.37. The van der Waals surface area contributed by atoms with E-state index in [4.69, 9.17) is 4.42 Å². The zero-order chi connectivity index (χ0) is 19.5. The molecule has 8 nitrogen and oxygen atoms in total. The van der Waals surface area contributed by atoms with Gasteiger partial charge in [0, 0.05) is 21.8 Å². The molecule has 0 spiro atoms. The summed E-state index contributed by atoms with van der Waals surface area (Å²) >= 11 is 6.26. The Morgan fingerprint density at radius 2 is 2.29 bits per heavy atom. The van der Waals surface area contributed by atoms with Gasteiger partial charge in [0.25, 0.3) is 0 Å². The quantitative estimate of drug-likeness (QED) is 0.448. The Bertz CT molecular complexity index is 1110. The summed E-state index contributed by atoms with van der Waals surface area (Å²) in [6, 6.07) is 9.30. The van der Waals surface area contributed by atoms with Gasteiger partial charge in [-0.1, -0.05) is 15.9 Å². The lowest BCUT2D eigenvalue weighted by molar-refractivity contribution is -0.115. The van der Waals surface area contributed by atoms with Crippen LogP contribution in [0.2, 0.25) is 0 Å². The van der Waals surface area contributed by atoms with Crippen LogP contribution in [0, 0.1) is 0 Å². The SMILES string of the molecule is Cn1nnnc1Sc1ccc(Br)cc1NC(=O)Cc1csc(-c2ccco2)n1. The lowest BCUT2D eigenvalue weighted by Crippen LogP contribution is -2.15. The number of nitrogens with zero attached hydrogens (tertiary/aromatic N) is 5. The number of aryl methyl sites for hydroxylation is 1. The lowest BCUT2D eigenvalue weighted by atomic mass is 10.3. The largest absolute Gasteiger partial charge is 0.462 e. The number of aromatic nitrogens is 5. The molecule has 11 heteroatoms. The third-order valence-corrected chi connectivity index (χ3v) is 6.13. The maximum absolute atomic E-state index is 12.6. The Morgan fingerprint density at radius 3 is 3.04 bits per heavy atom. The van der Waals surface area contributed by atoms with Crippen LogP contribution in [0.25, 0.3) is 10.8 Å². The van der Waals surface area contributed by atoms with E-state index in [2.05, 4.69) is 41.8 Å². The van der Waals surface area contributed by atoms with Crippen LogP contribution in [0.1, 0.15) is 5.69 Å². The molecule has 4 aromatic rings. The molecule has 0 aliphatic carbocycles. The summed E-state index contributed by atoms with van der Waals surface area (Å²) < 4.78 is 7.77. The molecule has 1 N–H and O–H groups in total. The summed E-state index contributed by atoms with van der Waals surface area (Å²) in [4.78, 5) is 17.9. The van der Waals surface area contributed by atoms with E-state index in [0.29, 0.717) is 22.3 Å². The lowest BCUT2D eigenvalue weighted by Gasteiger charge is -2.10. The third-order valence-electron chi connectivity index (χ3n) is 3.62. The Labute approximate surface area is 176 Å². The predicted molar refractivity (Wildman–Crippen MR) is 109 cm³/mol. The molecule has 0 fully saturated rings. The normalized spacial score (nSPS) is 10.9. The van der Waals surface area contributed by atoms with E-state index in [1.54, 1.807) is 18.0 Å². The van der Waals surface area contributed by atoms with Gasteiger partial charge < -0.3 is 9.73 Å². The predicted octanol–water partition coefficient (Wildman–Crippen LogP) is 4.02. The molecular weight excluding hydrogens is 464 g/mol. The second-order valence-corrected chi connectivity index (χ2v) is 8.46. The van der Waals surface area contributed by atoms with Gasteiger partial charge in [-0.3, -0.25) is 4.79 Å². The third kappa shape index (κ3) is 4.32. The molecule has 0 aliphatic heterocycles. The van der Waals surface area contributed by atoms with Gasteiger partial charge in [0.2, 0.25) is 11.1 Å². The van der Waals surface area contributed by atoms with E-state index in [-0.39, 0.29) is 12.3 Å². The first kappa shape index (κ1) is 18.8. The Morgan fingerprint density at radius 1 is 1.39 bits per heavy atom. The number of anilines is 1. The van der Waals surface area contributed by atoms with Crippen LogP contribution in [0.15, 0.2) is 60.9 Å². The zero-order valence-corrected chi connectivity index (χ0v) is 17.7. The van der Waals surface area contributed by atoms with E-state index in [0.717, 1.165) is 14.4 Å². The Hall–Kier alpha value is -2.50. The number of carbonyl (C=O) groups is 1. The molecule has 28 heavy (non-hydrogen) atoms. The molecule has 0 saturated heterocycles. The number of amides is 1. The number of tetrazole rings is 1. The van der Waals surface area contributed by atoms with Gasteiger partial charge in [-0.15, -0.1) is 16.4 Å². The number of hydrogen-bond donors (Lipinski definition) is 1. The van der Waals surface area contributed by atoms with E-state index < -0.39 is 0 Å². The summed E-state index contributed by atoms with van der Waals surface area (Å²) in [6.07, 6.45) is 1.77. The molecular formula is C17H13BrN6O2S2. The van der Waals surface area contributed by atoms with Gasteiger partial charge in [0.15, 0.2) is 10.8 Å². The second kappa shape index (κ2) is 8.25. The van der Waals surface area contributed by atoms with E-state index >= 15 is 0 Å². The molecule has 3 aromatic heterocycles. The fourth-order valence-corrected chi connectivity index (χ4v) is 4.30. The number of carbonyl (C=O) groups excluding carboxylic acids is 1. The van der Waals surface area contributed by atoms with Crippen molar-refractivity contribution in [2.24, 2.45) is 7.05 Å². The monoisotopic (exact) mass is 476 g/mol. The van der Waals surface area contributed by atoms with Crippen LogP contribution >= 0.6 is 39.0 Å². The van der Waals surface area contributed by atoms with Crippen LogP contribution in [-0.2, 0) is 18.3 Å². The summed E-state index contributed by atoms with van der Waals surface area (Å²) in [7, 11) is 1.76. The number of nitrogens with one attached hydrogen (secondary N) is 1. The molecule has 4 rings (SSSR count). The fourth-order valence-electron chi connectivity index (χ4n) is 2.36. The standard InChI is InChI=1S/C17H13BrN6O2S2/c1-24-17(21-22-23-24)28-14-5-4-10(18)7-12(14)20-15(25)8-11-9-27-16(19-11)13-3-2-6-26-13/h2-7,9H,8H2,1H3,(H,20,25).